The number of hydrogen-bond donors (Lipinski definition) is 0. The number of rotatable bonds is 0. The summed E-state index contributed by atoms with van der Waals surface area (Å²) in [6.45, 7) is 8.68. The molecule has 6 atom stereocenters. The molecule has 114 valence electrons. The van der Waals surface area contributed by atoms with Crippen LogP contribution in [0.3, 0.4) is 0 Å². The molecule has 0 aromatic carbocycles. The highest BCUT2D eigenvalue weighted by molar-refractivity contribution is 5.07. The van der Waals surface area contributed by atoms with E-state index in [1.165, 1.54) is 0 Å². The van der Waals surface area contributed by atoms with Crippen LogP contribution in [0.5, 0.6) is 0 Å². The van der Waals surface area contributed by atoms with E-state index in [1.807, 2.05) is 26.0 Å². The van der Waals surface area contributed by atoms with Crippen LogP contribution in [0.15, 0.2) is 0 Å². The maximum atomic E-state index is 6.11. The zero-order valence-electron chi connectivity index (χ0n) is 12.7. The maximum absolute atomic E-state index is 6.11. The third kappa shape index (κ3) is 1.73. The van der Waals surface area contributed by atoms with Crippen LogP contribution in [0.2, 0.25) is 0 Å². The third-order valence-corrected chi connectivity index (χ3v) is 4.94. The van der Waals surface area contributed by atoms with E-state index in [-0.39, 0.29) is 36.2 Å². The summed E-state index contributed by atoms with van der Waals surface area (Å²) < 4.78 is 23.9. The van der Waals surface area contributed by atoms with Gasteiger partial charge in [0.05, 0.1) is 18.2 Å². The number of likely N-dealkylation sites (N-methyl/N-ethyl adjacent to an activating group) is 1. The first-order chi connectivity index (χ1) is 9.28. The lowest BCUT2D eigenvalue weighted by molar-refractivity contribution is -0.244. The molecule has 20 heavy (non-hydrogen) atoms. The molecule has 0 saturated carbocycles. The van der Waals surface area contributed by atoms with E-state index in [1.54, 1.807) is 0 Å². The molecule has 4 fully saturated rings. The highest BCUT2D eigenvalue weighted by Gasteiger charge is 2.64. The van der Waals surface area contributed by atoms with Crippen molar-refractivity contribution in [2.75, 3.05) is 13.7 Å². The van der Waals surface area contributed by atoms with Crippen molar-refractivity contribution in [1.82, 2.24) is 5.06 Å². The molecule has 6 heteroatoms. The van der Waals surface area contributed by atoms with Crippen molar-refractivity contribution in [2.45, 2.75) is 69.7 Å². The predicted molar refractivity (Wildman–Crippen MR) is 68.6 cm³/mol. The van der Waals surface area contributed by atoms with E-state index in [2.05, 4.69) is 13.8 Å². The minimum Gasteiger partial charge on any atom is -0.372 e. The topological polar surface area (TPSA) is 49.4 Å². The Bertz CT molecular complexity index is 426. The molecule has 0 N–H and O–H groups in total. The molecule has 0 aromatic heterocycles. The number of ether oxygens (including phenoxy) is 4. The molecule has 0 radical (unpaired) electrons. The SMILES string of the molecule is CN1OC(C)(C)[C@@H]2CO[C@@H]3[C@H]4OC(C)(C)O[C@H]4O[C@@H]3[C@H]21. The average Bonchev–Trinajstić information content (AvgIpc) is 2.85. The number of hydrogen-bond acceptors (Lipinski definition) is 6. The standard InChI is InChI=1S/C14H23NO5/c1-13(2)7-6-16-10-9(8(7)15(5)20-13)17-12-11(10)18-14(3,4)19-12/h7-12H,6H2,1-5H3/t7-,8+,9-,10+,11-,12-/m1/s1. The summed E-state index contributed by atoms with van der Waals surface area (Å²) in [6.07, 6.45) is -0.626. The fourth-order valence-corrected chi connectivity index (χ4v) is 4.08. The Hall–Kier alpha value is -0.240. The van der Waals surface area contributed by atoms with Gasteiger partial charge in [-0.25, -0.2) is 0 Å². The van der Waals surface area contributed by atoms with Crippen molar-refractivity contribution in [3.63, 3.8) is 0 Å². The predicted octanol–water partition coefficient (Wildman–Crippen LogP) is 0.902. The van der Waals surface area contributed by atoms with E-state index >= 15 is 0 Å². The highest BCUT2D eigenvalue weighted by atomic mass is 16.8. The second kappa shape index (κ2) is 3.94. The fourth-order valence-electron chi connectivity index (χ4n) is 4.08. The average molecular weight is 285 g/mol. The largest absolute Gasteiger partial charge is 0.372 e. The molecule has 0 spiro atoms. The van der Waals surface area contributed by atoms with Crippen molar-refractivity contribution < 1.29 is 23.8 Å². The molecule has 0 amide bonds. The van der Waals surface area contributed by atoms with Crippen LogP contribution >= 0.6 is 0 Å². The molecule has 0 bridgehead atoms. The minimum absolute atomic E-state index is 0.0633. The fraction of sp³-hybridized carbons (Fsp3) is 1.00. The Morgan fingerprint density at radius 1 is 1.00 bits per heavy atom. The van der Waals surface area contributed by atoms with E-state index in [4.69, 9.17) is 23.8 Å². The summed E-state index contributed by atoms with van der Waals surface area (Å²) in [4.78, 5) is 5.96. The molecular weight excluding hydrogens is 262 g/mol. The van der Waals surface area contributed by atoms with Gasteiger partial charge in [-0.1, -0.05) is 0 Å². The Balaban J connectivity index is 1.60. The van der Waals surface area contributed by atoms with Crippen LogP contribution in [0.25, 0.3) is 0 Å². The van der Waals surface area contributed by atoms with E-state index in [0.717, 1.165) is 0 Å². The molecule has 4 aliphatic heterocycles. The summed E-state index contributed by atoms with van der Waals surface area (Å²) in [5.74, 6) is -0.307. The molecule has 6 nitrogen and oxygen atoms in total. The first kappa shape index (κ1) is 13.4. The van der Waals surface area contributed by atoms with Gasteiger partial charge in [0.1, 0.15) is 18.3 Å². The lowest BCUT2D eigenvalue weighted by Gasteiger charge is -2.39. The lowest BCUT2D eigenvalue weighted by atomic mass is 9.80. The lowest BCUT2D eigenvalue weighted by Crippen LogP contribution is -2.55. The summed E-state index contributed by atoms with van der Waals surface area (Å²) >= 11 is 0. The zero-order chi connectivity index (χ0) is 14.3. The van der Waals surface area contributed by atoms with Crippen molar-refractivity contribution in [3.8, 4) is 0 Å². The Labute approximate surface area is 119 Å². The Morgan fingerprint density at radius 3 is 2.50 bits per heavy atom. The maximum Gasteiger partial charge on any atom is 0.190 e. The number of nitrogens with zero attached hydrogens (tertiary/aromatic N) is 1. The van der Waals surface area contributed by atoms with Crippen molar-refractivity contribution in [1.29, 1.82) is 0 Å². The van der Waals surface area contributed by atoms with Crippen LogP contribution in [0, 0.1) is 5.92 Å². The minimum atomic E-state index is -0.599. The van der Waals surface area contributed by atoms with Gasteiger partial charge in [0.2, 0.25) is 0 Å². The van der Waals surface area contributed by atoms with Gasteiger partial charge in [-0.05, 0) is 27.7 Å². The second-order valence-corrected chi connectivity index (χ2v) is 7.21. The van der Waals surface area contributed by atoms with Crippen LogP contribution in [0.1, 0.15) is 27.7 Å². The smallest absolute Gasteiger partial charge is 0.190 e. The van der Waals surface area contributed by atoms with Gasteiger partial charge in [0, 0.05) is 13.0 Å². The normalized spacial score (nSPS) is 52.6. The molecule has 0 aliphatic carbocycles. The van der Waals surface area contributed by atoms with Gasteiger partial charge >= 0.3 is 0 Å². The molecule has 4 heterocycles. The van der Waals surface area contributed by atoms with Crippen LogP contribution in [-0.2, 0) is 23.8 Å². The summed E-state index contributed by atoms with van der Waals surface area (Å²) in [5, 5.41) is 1.93. The van der Waals surface area contributed by atoms with Gasteiger partial charge in [0.25, 0.3) is 0 Å². The second-order valence-electron chi connectivity index (χ2n) is 7.21. The van der Waals surface area contributed by atoms with Gasteiger partial charge in [-0.3, -0.25) is 4.84 Å². The van der Waals surface area contributed by atoms with E-state index in [9.17, 15) is 0 Å². The molecule has 4 saturated heterocycles. The number of hydroxylamine groups is 2. The number of fused-ring (bicyclic) bond motifs is 5. The summed E-state index contributed by atoms with van der Waals surface area (Å²) in [5.41, 5.74) is -0.230. The first-order valence-corrected chi connectivity index (χ1v) is 7.33. The van der Waals surface area contributed by atoms with Crippen molar-refractivity contribution in [3.05, 3.63) is 0 Å². The van der Waals surface area contributed by atoms with E-state index in [0.29, 0.717) is 12.5 Å². The summed E-state index contributed by atoms with van der Waals surface area (Å²) in [6, 6.07) is 0.185. The highest BCUT2D eigenvalue weighted by Crippen LogP contribution is 2.48. The molecule has 4 rings (SSSR count). The molecular formula is C14H23NO5. The van der Waals surface area contributed by atoms with Crippen molar-refractivity contribution >= 4 is 0 Å². The van der Waals surface area contributed by atoms with Gasteiger partial charge in [-0.2, -0.15) is 5.06 Å². The quantitative estimate of drug-likeness (QED) is 0.659. The monoisotopic (exact) mass is 285 g/mol. The Morgan fingerprint density at radius 2 is 1.75 bits per heavy atom. The Kier molecular flexibility index (Phi) is 2.64. The van der Waals surface area contributed by atoms with Gasteiger partial charge in [0.15, 0.2) is 12.1 Å². The molecule has 4 aliphatic rings. The molecule has 0 unspecified atom stereocenters. The third-order valence-electron chi connectivity index (χ3n) is 4.94. The van der Waals surface area contributed by atoms with Crippen molar-refractivity contribution in [2.24, 2.45) is 5.92 Å². The molecule has 0 aromatic rings. The van der Waals surface area contributed by atoms with Crippen LogP contribution < -0.4 is 0 Å². The first-order valence-electron chi connectivity index (χ1n) is 7.33. The van der Waals surface area contributed by atoms with Crippen LogP contribution in [0.4, 0.5) is 0 Å². The van der Waals surface area contributed by atoms with E-state index < -0.39 is 5.79 Å². The zero-order valence-corrected chi connectivity index (χ0v) is 12.7. The van der Waals surface area contributed by atoms with Crippen LogP contribution in [-0.4, -0.2) is 60.7 Å². The summed E-state index contributed by atoms with van der Waals surface area (Å²) in [7, 11) is 1.97. The van der Waals surface area contributed by atoms with Gasteiger partial charge < -0.3 is 18.9 Å². The van der Waals surface area contributed by atoms with Gasteiger partial charge in [-0.15, -0.1) is 0 Å².